The predicted molar refractivity (Wildman–Crippen MR) is 61.1 cm³/mol. The smallest absolute Gasteiger partial charge is 0.128 e. The number of allylic oxidation sites excluding steroid dienone is 4. The van der Waals surface area contributed by atoms with E-state index in [1.807, 2.05) is 36.4 Å². The van der Waals surface area contributed by atoms with Crippen LogP contribution in [0, 0.1) is 0 Å². The summed E-state index contributed by atoms with van der Waals surface area (Å²) in [5.74, 6) is 1.70. The minimum atomic E-state index is 0.707. The third-order valence-corrected chi connectivity index (χ3v) is 2.25. The summed E-state index contributed by atoms with van der Waals surface area (Å²) in [6.07, 6.45) is 5.48. The molecule has 0 saturated carbocycles. The quantitative estimate of drug-likeness (QED) is 0.722. The summed E-state index contributed by atoms with van der Waals surface area (Å²) in [4.78, 5) is 0. The fourth-order valence-corrected chi connectivity index (χ4v) is 1.45. The van der Waals surface area contributed by atoms with E-state index in [0.29, 0.717) is 5.69 Å². The maximum absolute atomic E-state index is 5.67. The zero-order chi connectivity index (χ0) is 10.7. The van der Waals surface area contributed by atoms with Crippen molar-refractivity contribution < 1.29 is 4.74 Å². The fraction of sp³-hybridized carbons (Fsp3) is 0.167. The van der Waals surface area contributed by atoms with Crippen LogP contribution in [0.3, 0.4) is 0 Å². The maximum Gasteiger partial charge on any atom is 0.128 e. The van der Waals surface area contributed by atoms with Crippen LogP contribution in [0.15, 0.2) is 47.9 Å². The molecule has 0 heterocycles. The Kier molecular flexibility index (Phi) is 2.63. The largest absolute Gasteiger partial charge is 0.462 e. The van der Waals surface area contributed by atoms with Gasteiger partial charge in [0.2, 0.25) is 0 Å². The molecule has 1 aliphatic carbocycles. The molecule has 0 unspecified atom stereocenters. The van der Waals surface area contributed by atoms with Crippen LogP contribution < -0.4 is 16.2 Å². The lowest BCUT2D eigenvalue weighted by Gasteiger charge is -2.13. The van der Waals surface area contributed by atoms with Crippen LogP contribution >= 0.6 is 0 Å². The lowest BCUT2D eigenvalue weighted by Crippen LogP contribution is -2.05. The number of anilines is 1. The van der Waals surface area contributed by atoms with Gasteiger partial charge in [-0.05, 0) is 30.7 Å². The Balaban J connectivity index is 2.10. The molecule has 1 aromatic rings. The first-order valence-electron chi connectivity index (χ1n) is 4.92. The Bertz CT molecular complexity index is 421. The number of nitrogens with two attached hydrogens (primary N) is 2. The van der Waals surface area contributed by atoms with Crippen LogP contribution in [-0.4, -0.2) is 0 Å². The third kappa shape index (κ3) is 2.53. The summed E-state index contributed by atoms with van der Waals surface area (Å²) in [6, 6.07) is 7.40. The molecule has 0 saturated heterocycles. The van der Waals surface area contributed by atoms with Crippen molar-refractivity contribution in [2.45, 2.75) is 12.8 Å². The molecular weight excluding hydrogens is 188 g/mol. The molecule has 0 aliphatic heterocycles. The molecule has 3 heteroatoms. The molecule has 2 rings (SSSR count). The van der Waals surface area contributed by atoms with Gasteiger partial charge < -0.3 is 16.2 Å². The summed E-state index contributed by atoms with van der Waals surface area (Å²) in [5.41, 5.74) is 12.9. The van der Waals surface area contributed by atoms with Crippen LogP contribution in [0.5, 0.6) is 5.75 Å². The maximum atomic E-state index is 5.67. The van der Waals surface area contributed by atoms with E-state index in [-0.39, 0.29) is 0 Å². The molecule has 3 nitrogen and oxygen atoms in total. The second-order valence-electron chi connectivity index (χ2n) is 3.55. The highest BCUT2D eigenvalue weighted by molar-refractivity contribution is 5.44. The van der Waals surface area contributed by atoms with Crippen molar-refractivity contribution >= 4 is 5.69 Å². The molecule has 15 heavy (non-hydrogen) atoms. The van der Waals surface area contributed by atoms with E-state index in [9.17, 15) is 0 Å². The molecule has 1 aromatic carbocycles. The molecule has 0 amide bonds. The Labute approximate surface area is 89.0 Å². The number of nitrogen functional groups attached to an aromatic ring is 1. The molecule has 4 N–H and O–H groups in total. The zero-order valence-corrected chi connectivity index (χ0v) is 8.44. The van der Waals surface area contributed by atoms with Gasteiger partial charge >= 0.3 is 0 Å². The summed E-state index contributed by atoms with van der Waals surface area (Å²) >= 11 is 0. The lowest BCUT2D eigenvalue weighted by atomic mass is 10.1. The SMILES string of the molecule is NC1=CC=C(Oc2cccc(N)c2)CC1. The average molecular weight is 202 g/mol. The van der Waals surface area contributed by atoms with Crippen molar-refractivity contribution in [3.63, 3.8) is 0 Å². The van der Waals surface area contributed by atoms with Gasteiger partial charge in [0.1, 0.15) is 11.5 Å². The molecule has 0 atom stereocenters. The van der Waals surface area contributed by atoms with Crippen molar-refractivity contribution in [1.29, 1.82) is 0 Å². The third-order valence-electron chi connectivity index (χ3n) is 2.25. The minimum absolute atomic E-state index is 0.707. The van der Waals surface area contributed by atoms with Crippen molar-refractivity contribution in [2.24, 2.45) is 5.73 Å². The fourth-order valence-electron chi connectivity index (χ4n) is 1.45. The van der Waals surface area contributed by atoms with Gasteiger partial charge in [0.05, 0.1) is 0 Å². The first kappa shape index (κ1) is 9.65. The predicted octanol–water partition coefficient (Wildman–Crippen LogP) is 2.17. The minimum Gasteiger partial charge on any atom is -0.462 e. The average Bonchev–Trinajstić information content (AvgIpc) is 2.22. The highest BCUT2D eigenvalue weighted by Crippen LogP contribution is 2.22. The van der Waals surface area contributed by atoms with Crippen molar-refractivity contribution in [3.05, 3.63) is 47.9 Å². The molecule has 0 radical (unpaired) electrons. The van der Waals surface area contributed by atoms with E-state index in [4.69, 9.17) is 16.2 Å². The van der Waals surface area contributed by atoms with Crippen LogP contribution in [0.4, 0.5) is 5.69 Å². The summed E-state index contributed by atoms with van der Waals surface area (Å²) in [6.45, 7) is 0. The van der Waals surface area contributed by atoms with Crippen LogP contribution in [-0.2, 0) is 0 Å². The Hall–Kier alpha value is -1.90. The van der Waals surface area contributed by atoms with Gasteiger partial charge in [0.15, 0.2) is 0 Å². The van der Waals surface area contributed by atoms with Crippen molar-refractivity contribution in [1.82, 2.24) is 0 Å². The zero-order valence-electron chi connectivity index (χ0n) is 8.44. The second kappa shape index (κ2) is 4.09. The first-order valence-corrected chi connectivity index (χ1v) is 4.92. The van der Waals surface area contributed by atoms with Crippen molar-refractivity contribution in [2.75, 3.05) is 5.73 Å². The van der Waals surface area contributed by atoms with E-state index >= 15 is 0 Å². The van der Waals surface area contributed by atoms with Gasteiger partial charge in [0, 0.05) is 23.9 Å². The molecule has 0 spiro atoms. The topological polar surface area (TPSA) is 61.3 Å². The van der Waals surface area contributed by atoms with Gasteiger partial charge in [-0.1, -0.05) is 6.07 Å². The van der Waals surface area contributed by atoms with E-state index in [2.05, 4.69) is 0 Å². The molecular formula is C12H14N2O. The summed E-state index contributed by atoms with van der Waals surface area (Å²) in [5, 5.41) is 0. The molecule has 78 valence electrons. The van der Waals surface area contributed by atoms with Gasteiger partial charge in [-0.25, -0.2) is 0 Å². The van der Waals surface area contributed by atoms with Gasteiger partial charge in [0.25, 0.3) is 0 Å². The molecule has 0 fully saturated rings. The number of ether oxygens (including phenoxy) is 1. The highest BCUT2D eigenvalue weighted by atomic mass is 16.5. The standard InChI is InChI=1S/C12H14N2O/c13-9-4-6-11(7-5-9)15-12-3-1-2-10(14)8-12/h1-4,6,8H,5,7,13-14H2. The van der Waals surface area contributed by atoms with Gasteiger partial charge in [-0.3, -0.25) is 0 Å². The Morgan fingerprint density at radius 1 is 1.07 bits per heavy atom. The number of hydrogen-bond acceptors (Lipinski definition) is 3. The monoisotopic (exact) mass is 202 g/mol. The first-order chi connectivity index (χ1) is 7.24. The number of benzene rings is 1. The lowest BCUT2D eigenvalue weighted by molar-refractivity contribution is 0.401. The van der Waals surface area contributed by atoms with E-state index in [1.165, 1.54) is 0 Å². The molecule has 1 aliphatic rings. The van der Waals surface area contributed by atoms with Crippen molar-refractivity contribution in [3.8, 4) is 5.75 Å². The van der Waals surface area contributed by atoms with Crippen LogP contribution in [0.25, 0.3) is 0 Å². The van der Waals surface area contributed by atoms with E-state index < -0.39 is 0 Å². The van der Waals surface area contributed by atoms with Gasteiger partial charge in [-0.15, -0.1) is 0 Å². The molecule has 0 bridgehead atoms. The number of rotatable bonds is 2. The van der Waals surface area contributed by atoms with Gasteiger partial charge in [-0.2, -0.15) is 0 Å². The highest BCUT2D eigenvalue weighted by Gasteiger charge is 2.05. The van der Waals surface area contributed by atoms with E-state index in [1.54, 1.807) is 0 Å². The van der Waals surface area contributed by atoms with Crippen LogP contribution in [0.1, 0.15) is 12.8 Å². The van der Waals surface area contributed by atoms with E-state index in [0.717, 1.165) is 30.0 Å². The second-order valence-corrected chi connectivity index (χ2v) is 3.55. The summed E-state index contributed by atoms with van der Waals surface area (Å²) in [7, 11) is 0. The van der Waals surface area contributed by atoms with Crippen LogP contribution in [0.2, 0.25) is 0 Å². The Morgan fingerprint density at radius 3 is 2.60 bits per heavy atom. The Morgan fingerprint density at radius 2 is 1.93 bits per heavy atom. The number of hydrogen-bond donors (Lipinski definition) is 2. The summed E-state index contributed by atoms with van der Waals surface area (Å²) < 4.78 is 5.67. The molecule has 0 aromatic heterocycles. The normalized spacial score (nSPS) is 15.5.